The summed E-state index contributed by atoms with van der Waals surface area (Å²) < 4.78 is 5.56. The highest BCUT2D eigenvalue weighted by atomic mass is 79.9. The van der Waals surface area contributed by atoms with Crippen LogP contribution in [0.2, 0.25) is 0 Å². The molecule has 0 saturated heterocycles. The van der Waals surface area contributed by atoms with Crippen LogP contribution in [0.5, 0.6) is 0 Å². The zero-order valence-corrected chi connectivity index (χ0v) is 12.6. The first kappa shape index (κ1) is 15.6. The van der Waals surface area contributed by atoms with E-state index in [2.05, 4.69) is 41.8 Å². The molecule has 1 heterocycles. The van der Waals surface area contributed by atoms with Gasteiger partial charge >= 0.3 is 0 Å². The summed E-state index contributed by atoms with van der Waals surface area (Å²) in [7, 11) is 1.59. The van der Waals surface area contributed by atoms with Crippen molar-refractivity contribution in [3.05, 3.63) is 10.8 Å². The Bertz CT molecular complexity index is 416. The van der Waals surface area contributed by atoms with Gasteiger partial charge in [0.2, 0.25) is 5.91 Å². The number of halogens is 1. The van der Waals surface area contributed by atoms with Crippen LogP contribution in [0, 0.1) is 0 Å². The molecule has 1 amide bonds. The summed E-state index contributed by atoms with van der Waals surface area (Å²) in [6.07, 6.45) is 1.44. The first-order valence-electron chi connectivity index (χ1n) is 5.92. The van der Waals surface area contributed by atoms with E-state index in [9.17, 15) is 4.79 Å². The molecule has 8 heteroatoms. The lowest BCUT2D eigenvalue weighted by Gasteiger charge is -2.10. The molecule has 0 radical (unpaired) electrons. The third-order valence-corrected chi connectivity index (χ3v) is 2.93. The summed E-state index contributed by atoms with van der Waals surface area (Å²) in [4.78, 5) is 19.7. The standard InChI is InChI=1S/C11H18BrN5O2/c1-3-13-10-9(12)11(17-7-16-10)15-6-8(18)14-4-5-19-2/h7H,3-6H2,1-2H3,(H,14,18)(H2,13,15,16,17). The van der Waals surface area contributed by atoms with E-state index < -0.39 is 0 Å². The third-order valence-electron chi connectivity index (χ3n) is 2.18. The molecule has 1 rings (SSSR count). The van der Waals surface area contributed by atoms with Gasteiger partial charge in [-0.25, -0.2) is 9.97 Å². The van der Waals surface area contributed by atoms with Crippen LogP contribution in [-0.4, -0.2) is 49.2 Å². The van der Waals surface area contributed by atoms with Gasteiger partial charge in [-0.1, -0.05) is 0 Å². The Balaban J connectivity index is 2.48. The number of anilines is 2. The van der Waals surface area contributed by atoms with Gasteiger partial charge in [-0.15, -0.1) is 0 Å². The molecule has 0 fully saturated rings. The fraction of sp³-hybridized carbons (Fsp3) is 0.545. The lowest BCUT2D eigenvalue weighted by Crippen LogP contribution is -2.32. The Morgan fingerprint density at radius 3 is 2.68 bits per heavy atom. The summed E-state index contributed by atoms with van der Waals surface area (Å²) in [5.41, 5.74) is 0. The molecule has 0 aromatic carbocycles. The Morgan fingerprint density at radius 1 is 1.37 bits per heavy atom. The Kier molecular flexibility index (Phi) is 7.12. The maximum atomic E-state index is 11.5. The molecule has 0 unspecified atom stereocenters. The number of hydrogen-bond donors (Lipinski definition) is 3. The monoisotopic (exact) mass is 331 g/mol. The SMILES string of the molecule is CCNc1ncnc(NCC(=O)NCCOC)c1Br. The van der Waals surface area contributed by atoms with Gasteiger partial charge in [0.05, 0.1) is 13.2 Å². The summed E-state index contributed by atoms with van der Waals surface area (Å²) >= 11 is 3.39. The fourth-order valence-electron chi connectivity index (χ4n) is 1.30. The van der Waals surface area contributed by atoms with Crippen LogP contribution in [0.15, 0.2) is 10.8 Å². The van der Waals surface area contributed by atoms with Crippen molar-refractivity contribution in [2.45, 2.75) is 6.92 Å². The van der Waals surface area contributed by atoms with Crippen molar-refractivity contribution in [1.29, 1.82) is 0 Å². The minimum absolute atomic E-state index is 0.118. The predicted octanol–water partition coefficient (Wildman–Crippen LogP) is 0.845. The summed E-state index contributed by atoms with van der Waals surface area (Å²) in [6.45, 7) is 3.86. The minimum atomic E-state index is -0.118. The van der Waals surface area contributed by atoms with Gasteiger partial charge in [0.1, 0.15) is 22.4 Å². The molecule has 19 heavy (non-hydrogen) atoms. The van der Waals surface area contributed by atoms with Crippen LogP contribution >= 0.6 is 15.9 Å². The largest absolute Gasteiger partial charge is 0.383 e. The van der Waals surface area contributed by atoms with Crippen molar-refractivity contribution in [2.75, 3.05) is 44.0 Å². The van der Waals surface area contributed by atoms with E-state index in [-0.39, 0.29) is 12.5 Å². The van der Waals surface area contributed by atoms with E-state index in [4.69, 9.17) is 4.74 Å². The summed E-state index contributed by atoms with van der Waals surface area (Å²) in [6, 6.07) is 0. The van der Waals surface area contributed by atoms with Crippen molar-refractivity contribution >= 4 is 33.5 Å². The average molecular weight is 332 g/mol. The number of carbonyl (C=O) groups is 1. The number of aromatic nitrogens is 2. The van der Waals surface area contributed by atoms with Gasteiger partial charge in [0.25, 0.3) is 0 Å². The zero-order valence-electron chi connectivity index (χ0n) is 11.0. The minimum Gasteiger partial charge on any atom is -0.383 e. The molecule has 3 N–H and O–H groups in total. The van der Waals surface area contributed by atoms with Crippen LogP contribution in [0.4, 0.5) is 11.6 Å². The van der Waals surface area contributed by atoms with Crippen molar-refractivity contribution in [2.24, 2.45) is 0 Å². The smallest absolute Gasteiger partial charge is 0.239 e. The quantitative estimate of drug-likeness (QED) is 0.612. The molecule has 1 aromatic rings. The number of nitrogens with zero attached hydrogens (tertiary/aromatic N) is 2. The Labute approximate surface area is 120 Å². The van der Waals surface area contributed by atoms with Crippen LogP contribution < -0.4 is 16.0 Å². The first-order valence-corrected chi connectivity index (χ1v) is 6.72. The van der Waals surface area contributed by atoms with Gasteiger partial charge in [-0.2, -0.15) is 0 Å². The number of nitrogens with one attached hydrogen (secondary N) is 3. The Morgan fingerprint density at radius 2 is 2.05 bits per heavy atom. The molecule has 0 saturated carbocycles. The van der Waals surface area contributed by atoms with E-state index in [1.54, 1.807) is 7.11 Å². The molecule has 7 nitrogen and oxygen atoms in total. The lowest BCUT2D eigenvalue weighted by molar-refractivity contribution is -0.119. The first-order chi connectivity index (χ1) is 9.19. The highest BCUT2D eigenvalue weighted by Gasteiger charge is 2.09. The van der Waals surface area contributed by atoms with Crippen molar-refractivity contribution in [3.63, 3.8) is 0 Å². The van der Waals surface area contributed by atoms with Gasteiger partial charge in [-0.05, 0) is 22.9 Å². The van der Waals surface area contributed by atoms with E-state index >= 15 is 0 Å². The number of hydrogen-bond acceptors (Lipinski definition) is 6. The molecule has 0 aliphatic rings. The molecule has 0 bridgehead atoms. The van der Waals surface area contributed by atoms with Crippen molar-refractivity contribution < 1.29 is 9.53 Å². The summed E-state index contributed by atoms with van der Waals surface area (Å²) in [5.74, 6) is 1.15. The highest BCUT2D eigenvalue weighted by molar-refractivity contribution is 9.10. The van der Waals surface area contributed by atoms with E-state index in [1.807, 2.05) is 6.92 Å². The number of ether oxygens (including phenoxy) is 1. The zero-order chi connectivity index (χ0) is 14.1. The fourth-order valence-corrected chi connectivity index (χ4v) is 1.79. The predicted molar refractivity (Wildman–Crippen MR) is 77.3 cm³/mol. The molecule has 106 valence electrons. The van der Waals surface area contributed by atoms with Gasteiger partial charge in [0.15, 0.2) is 0 Å². The maximum absolute atomic E-state index is 11.5. The molecule has 0 aliphatic heterocycles. The van der Waals surface area contributed by atoms with Crippen LogP contribution in [-0.2, 0) is 9.53 Å². The van der Waals surface area contributed by atoms with Gasteiger partial charge < -0.3 is 20.7 Å². The third kappa shape index (κ3) is 5.39. The molecule has 0 atom stereocenters. The summed E-state index contributed by atoms with van der Waals surface area (Å²) in [5, 5.41) is 8.75. The lowest BCUT2D eigenvalue weighted by atomic mass is 10.4. The highest BCUT2D eigenvalue weighted by Crippen LogP contribution is 2.25. The second-order valence-electron chi connectivity index (χ2n) is 3.61. The molecular weight excluding hydrogens is 314 g/mol. The van der Waals surface area contributed by atoms with Crippen LogP contribution in [0.25, 0.3) is 0 Å². The van der Waals surface area contributed by atoms with E-state index in [0.29, 0.717) is 29.3 Å². The molecule has 0 aliphatic carbocycles. The second-order valence-corrected chi connectivity index (χ2v) is 4.40. The maximum Gasteiger partial charge on any atom is 0.239 e. The molecule has 0 spiro atoms. The van der Waals surface area contributed by atoms with E-state index in [1.165, 1.54) is 6.33 Å². The van der Waals surface area contributed by atoms with Crippen LogP contribution in [0.1, 0.15) is 6.92 Å². The second kappa shape index (κ2) is 8.65. The van der Waals surface area contributed by atoms with Crippen LogP contribution in [0.3, 0.4) is 0 Å². The average Bonchev–Trinajstić information content (AvgIpc) is 2.40. The van der Waals surface area contributed by atoms with E-state index in [0.717, 1.165) is 6.54 Å². The Hall–Kier alpha value is -1.41. The molecular formula is C11H18BrN5O2. The van der Waals surface area contributed by atoms with Gasteiger partial charge in [-0.3, -0.25) is 4.79 Å². The normalized spacial score (nSPS) is 10.1. The number of amides is 1. The van der Waals surface area contributed by atoms with Gasteiger partial charge in [0, 0.05) is 20.2 Å². The number of rotatable bonds is 8. The topological polar surface area (TPSA) is 88.2 Å². The number of carbonyl (C=O) groups excluding carboxylic acids is 1. The van der Waals surface area contributed by atoms with Crippen molar-refractivity contribution in [3.8, 4) is 0 Å². The number of methoxy groups -OCH3 is 1. The molecule has 1 aromatic heterocycles. The van der Waals surface area contributed by atoms with Crippen molar-refractivity contribution in [1.82, 2.24) is 15.3 Å².